The van der Waals surface area contributed by atoms with Gasteiger partial charge in [0.2, 0.25) is 5.91 Å². The average Bonchev–Trinajstić information content (AvgIpc) is 3.22. The third-order valence-electron chi connectivity index (χ3n) is 5.47. The standard InChI is InChI=1S/C24H27N3O2S/c28-24(26-20-7-3-1-4-8-20)14-18-11-12-25-16-19(18)13-21-15-22(29-27-21)17-30-23-9-5-2-6-10-23/h1-10,15,18-19,25H,11-14,16-17H2,(H,26,28). The fraction of sp³-hybridized carbons (Fsp3) is 0.333. The van der Waals surface area contributed by atoms with Gasteiger partial charge in [0.25, 0.3) is 0 Å². The van der Waals surface area contributed by atoms with Crippen molar-refractivity contribution < 1.29 is 9.32 Å². The molecule has 2 aromatic carbocycles. The summed E-state index contributed by atoms with van der Waals surface area (Å²) in [5, 5.41) is 10.8. The molecule has 1 aliphatic rings. The Labute approximate surface area is 181 Å². The predicted molar refractivity (Wildman–Crippen MR) is 120 cm³/mol. The molecule has 2 atom stereocenters. The van der Waals surface area contributed by atoms with Crippen LogP contribution in [0.25, 0.3) is 0 Å². The van der Waals surface area contributed by atoms with Crippen molar-refractivity contribution >= 4 is 23.4 Å². The number of hydrogen-bond donors (Lipinski definition) is 2. The van der Waals surface area contributed by atoms with Crippen molar-refractivity contribution in [1.82, 2.24) is 10.5 Å². The zero-order valence-corrected chi connectivity index (χ0v) is 17.7. The van der Waals surface area contributed by atoms with Crippen molar-refractivity contribution in [2.45, 2.75) is 29.9 Å². The smallest absolute Gasteiger partial charge is 0.224 e. The minimum Gasteiger partial charge on any atom is -0.360 e. The van der Waals surface area contributed by atoms with Crippen LogP contribution < -0.4 is 10.6 Å². The maximum Gasteiger partial charge on any atom is 0.224 e. The van der Waals surface area contributed by atoms with E-state index in [2.05, 4.69) is 34.0 Å². The molecule has 0 saturated carbocycles. The third-order valence-corrected chi connectivity index (χ3v) is 6.51. The molecule has 1 aliphatic heterocycles. The monoisotopic (exact) mass is 421 g/mol. The first-order chi connectivity index (χ1) is 14.8. The van der Waals surface area contributed by atoms with E-state index in [-0.39, 0.29) is 5.91 Å². The molecule has 0 spiro atoms. The van der Waals surface area contributed by atoms with E-state index < -0.39 is 0 Å². The highest BCUT2D eigenvalue weighted by Gasteiger charge is 2.28. The highest BCUT2D eigenvalue weighted by atomic mass is 32.2. The number of amides is 1. The maximum atomic E-state index is 12.5. The first-order valence-electron chi connectivity index (χ1n) is 10.4. The summed E-state index contributed by atoms with van der Waals surface area (Å²) in [4.78, 5) is 13.8. The molecule has 3 aromatic rings. The van der Waals surface area contributed by atoms with Crippen LogP contribution in [0.5, 0.6) is 0 Å². The van der Waals surface area contributed by atoms with Gasteiger partial charge in [-0.3, -0.25) is 4.79 Å². The molecule has 1 aromatic heterocycles. The summed E-state index contributed by atoms with van der Waals surface area (Å²) < 4.78 is 5.55. The topological polar surface area (TPSA) is 67.2 Å². The lowest BCUT2D eigenvalue weighted by Crippen LogP contribution is -2.39. The summed E-state index contributed by atoms with van der Waals surface area (Å²) in [7, 11) is 0. The van der Waals surface area contributed by atoms with Gasteiger partial charge in [0.05, 0.1) is 11.4 Å². The van der Waals surface area contributed by atoms with Crippen LogP contribution in [0.2, 0.25) is 0 Å². The van der Waals surface area contributed by atoms with E-state index in [1.54, 1.807) is 11.8 Å². The van der Waals surface area contributed by atoms with Crippen molar-refractivity contribution in [3.05, 3.63) is 78.2 Å². The minimum atomic E-state index is 0.0817. The molecule has 1 saturated heterocycles. The number of nitrogens with one attached hydrogen (secondary N) is 2. The molecule has 1 amide bonds. The molecule has 156 valence electrons. The highest BCUT2D eigenvalue weighted by molar-refractivity contribution is 7.98. The van der Waals surface area contributed by atoms with Gasteiger partial charge in [0.1, 0.15) is 5.76 Å². The predicted octanol–water partition coefficient (Wildman–Crippen LogP) is 4.76. The van der Waals surface area contributed by atoms with Crippen molar-refractivity contribution in [3.63, 3.8) is 0 Å². The summed E-state index contributed by atoms with van der Waals surface area (Å²) in [6, 6.07) is 22.0. The van der Waals surface area contributed by atoms with E-state index in [1.165, 1.54) is 4.90 Å². The van der Waals surface area contributed by atoms with E-state index in [0.717, 1.165) is 48.8 Å². The van der Waals surface area contributed by atoms with E-state index in [1.807, 2.05) is 48.5 Å². The summed E-state index contributed by atoms with van der Waals surface area (Å²) in [5.74, 6) is 2.45. The molecule has 4 rings (SSSR count). The number of piperidine rings is 1. The van der Waals surface area contributed by atoms with E-state index >= 15 is 0 Å². The van der Waals surface area contributed by atoms with E-state index in [4.69, 9.17) is 4.52 Å². The normalized spacial score (nSPS) is 18.8. The van der Waals surface area contributed by atoms with Crippen LogP contribution in [0, 0.1) is 11.8 Å². The second-order valence-electron chi connectivity index (χ2n) is 7.72. The van der Waals surface area contributed by atoms with Crippen LogP contribution >= 0.6 is 11.8 Å². The van der Waals surface area contributed by atoms with Crippen molar-refractivity contribution in [2.24, 2.45) is 11.8 Å². The van der Waals surface area contributed by atoms with Gasteiger partial charge in [-0.2, -0.15) is 0 Å². The second-order valence-corrected chi connectivity index (χ2v) is 8.77. The van der Waals surface area contributed by atoms with Gasteiger partial charge in [-0.1, -0.05) is 41.6 Å². The number of carbonyl (C=O) groups is 1. The molecule has 5 nitrogen and oxygen atoms in total. The van der Waals surface area contributed by atoms with Gasteiger partial charge in [-0.25, -0.2) is 0 Å². The van der Waals surface area contributed by atoms with Crippen LogP contribution in [0.4, 0.5) is 5.69 Å². The Morgan fingerprint density at radius 2 is 1.87 bits per heavy atom. The number of carbonyl (C=O) groups excluding carboxylic acids is 1. The Hall–Kier alpha value is -2.57. The van der Waals surface area contributed by atoms with Gasteiger partial charge in [0, 0.05) is 23.1 Å². The Morgan fingerprint density at radius 3 is 2.67 bits per heavy atom. The largest absolute Gasteiger partial charge is 0.360 e. The fourth-order valence-electron chi connectivity index (χ4n) is 3.92. The number of para-hydroxylation sites is 1. The molecule has 0 bridgehead atoms. The average molecular weight is 422 g/mol. The highest BCUT2D eigenvalue weighted by Crippen LogP contribution is 2.28. The minimum absolute atomic E-state index is 0.0817. The lowest BCUT2D eigenvalue weighted by molar-refractivity contribution is -0.117. The summed E-state index contributed by atoms with van der Waals surface area (Å²) in [6.45, 7) is 1.86. The van der Waals surface area contributed by atoms with Crippen molar-refractivity contribution in [2.75, 3.05) is 18.4 Å². The van der Waals surface area contributed by atoms with Gasteiger partial charge in [0.15, 0.2) is 0 Å². The summed E-state index contributed by atoms with van der Waals surface area (Å²) >= 11 is 1.74. The van der Waals surface area contributed by atoms with E-state index in [9.17, 15) is 4.79 Å². The van der Waals surface area contributed by atoms with Crippen LogP contribution in [0.3, 0.4) is 0 Å². The number of thioether (sulfide) groups is 1. The first-order valence-corrected chi connectivity index (χ1v) is 11.4. The Balaban J connectivity index is 1.31. The van der Waals surface area contributed by atoms with Gasteiger partial charge in [-0.15, -0.1) is 11.8 Å². The summed E-state index contributed by atoms with van der Waals surface area (Å²) in [5.41, 5.74) is 1.82. The summed E-state index contributed by atoms with van der Waals surface area (Å²) in [6.07, 6.45) is 2.37. The van der Waals surface area contributed by atoms with Gasteiger partial charge >= 0.3 is 0 Å². The molecule has 2 heterocycles. The number of nitrogens with zero attached hydrogens (tertiary/aromatic N) is 1. The molecule has 0 aliphatic carbocycles. The van der Waals surface area contributed by atoms with Crippen LogP contribution in [0.15, 0.2) is 76.1 Å². The Kier molecular flexibility index (Phi) is 7.21. The maximum absolute atomic E-state index is 12.5. The molecule has 30 heavy (non-hydrogen) atoms. The molecular weight excluding hydrogens is 394 g/mol. The van der Waals surface area contributed by atoms with Gasteiger partial charge in [-0.05, 0) is 62.0 Å². The lowest BCUT2D eigenvalue weighted by atomic mass is 9.81. The molecule has 2 unspecified atom stereocenters. The Bertz CT molecular complexity index is 930. The van der Waals surface area contributed by atoms with E-state index in [0.29, 0.717) is 18.3 Å². The number of aromatic nitrogens is 1. The van der Waals surface area contributed by atoms with Crippen LogP contribution in [-0.4, -0.2) is 24.2 Å². The fourth-order valence-corrected chi connectivity index (χ4v) is 4.71. The van der Waals surface area contributed by atoms with Crippen molar-refractivity contribution in [3.8, 4) is 0 Å². The van der Waals surface area contributed by atoms with Crippen LogP contribution in [0.1, 0.15) is 24.3 Å². The quantitative estimate of drug-likeness (QED) is 0.513. The molecule has 2 N–H and O–H groups in total. The zero-order chi connectivity index (χ0) is 20.6. The molecule has 6 heteroatoms. The van der Waals surface area contributed by atoms with Gasteiger partial charge < -0.3 is 15.2 Å². The SMILES string of the molecule is O=C(CC1CCNCC1Cc1cc(CSc2ccccc2)on1)Nc1ccccc1. The zero-order valence-electron chi connectivity index (χ0n) is 16.9. The van der Waals surface area contributed by atoms with Crippen LogP contribution in [-0.2, 0) is 17.0 Å². The second kappa shape index (κ2) is 10.5. The number of hydrogen-bond acceptors (Lipinski definition) is 5. The van der Waals surface area contributed by atoms with Crippen molar-refractivity contribution in [1.29, 1.82) is 0 Å². The molecular formula is C24H27N3O2S. The lowest BCUT2D eigenvalue weighted by Gasteiger charge is -2.31. The molecule has 1 fully saturated rings. The first kappa shape index (κ1) is 20.7. The Morgan fingerprint density at radius 1 is 1.10 bits per heavy atom. The number of benzene rings is 2. The number of anilines is 1. The third kappa shape index (κ3) is 5.97. The number of rotatable bonds is 8. The molecule has 0 radical (unpaired) electrons.